The lowest BCUT2D eigenvalue weighted by Crippen LogP contribution is -2.05. The molecule has 0 atom stereocenters. The van der Waals surface area contributed by atoms with Gasteiger partial charge in [-0.2, -0.15) is 0 Å². The van der Waals surface area contributed by atoms with E-state index < -0.39 is 6.16 Å². The van der Waals surface area contributed by atoms with E-state index >= 15 is 0 Å². The molecule has 1 aromatic rings. The quantitative estimate of drug-likeness (QED) is 0.504. The molecule has 11 heavy (non-hydrogen) atoms. The fourth-order valence-electron chi connectivity index (χ4n) is 0.594. The number of carbonyl (C=O) groups is 1. The van der Waals surface area contributed by atoms with Crippen molar-refractivity contribution in [2.75, 3.05) is 0 Å². The van der Waals surface area contributed by atoms with Crippen molar-refractivity contribution in [3.05, 3.63) is 15.9 Å². The van der Waals surface area contributed by atoms with Gasteiger partial charge in [0.05, 0.1) is 5.56 Å². The van der Waals surface area contributed by atoms with Crippen LogP contribution in [0.4, 0.5) is 4.79 Å². The van der Waals surface area contributed by atoms with E-state index in [9.17, 15) is 9.59 Å². The third-order valence-electron chi connectivity index (χ3n) is 1.16. The minimum Gasteiger partial charge on any atom is -0.449 e. The maximum absolute atomic E-state index is 10.7. The first-order valence-corrected chi connectivity index (χ1v) is 2.79. The van der Waals surface area contributed by atoms with E-state index in [0.717, 1.165) is 0 Å². The maximum atomic E-state index is 10.7. The summed E-state index contributed by atoms with van der Waals surface area (Å²) in [4.78, 5) is 20.6. The molecule has 0 unspecified atom stereocenters. The molecule has 1 rings (SSSR count). The van der Waals surface area contributed by atoms with Gasteiger partial charge in [0.25, 0.3) is 5.56 Å². The van der Waals surface area contributed by atoms with Crippen LogP contribution >= 0.6 is 0 Å². The molecule has 6 nitrogen and oxygen atoms in total. The lowest BCUT2D eigenvalue weighted by molar-refractivity contribution is 0.142. The molecular formula is C5H6N2O4. The lowest BCUT2D eigenvalue weighted by atomic mass is 10.4. The van der Waals surface area contributed by atoms with Crippen LogP contribution in [0.3, 0.4) is 0 Å². The predicted octanol–water partition coefficient (Wildman–Crippen LogP) is 0.0682. The zero-order chi connectivity index (χ0) is 8.43. The summed E-state index contributed by atoms with van der Waals surface area (Å²) in [6.07, 6.45) is -1.46. The predicted molar refractivity (Wildman–Crippen MR) is 34.8 cm³/mol. The third-order valence-corrected chi connectivity index (χ3v) is 1.16. The lowest BCUT2D eigenvalue weighted by Gasteiger charge is -1.93. The summed E-state index contributed by atoms with van der Waals surface area (Å²) in [5, 5.41) is 12.6. The summed E-state index contributed by atoms with van der Waals surface area (Å²) in [5.74, 6) is -0.0671. The first-order valence-electron chi connectivity index (χ1n) is 2.79. The second kappa shape index (κ2) is 2.49. The van der Waals surface area contributed by atoms with Crippen LogP contribution in [-0.2, 0) is 0 Å². The number of aromatic amines is 2. The summed E-state index contributed by atoms with van der Waals surface area (Å²) in [6.45, 7) is 1.45. The van der Waals surface area contributed by atoms with Gasteiger partial charge in [-0.1, -0.05) is 0 Å². The number of aromatic nitrogens is 2. The van der Waals surface area contributed by atoms with Gasteiger partial charge in [0, 0.05) is 0 Å². The number of hydrogen-bond donors (Lipinski definition) is 3. The summed E-state index contributed by atoms with van der Waals surface area (Å²) in [5.41, 5.74) is -0.173. The second-order valence-electron chi connectivity index (χ2n) is 1.90. The molecule has 6 heteroatoms. The molecular weight excluding hydrogens is 152 g/mol. The van der Waals surface area contributed by atoms with Gasteiger partial charge in [-0.3, -0.25) is 15.0 Å². The first kappa shape index (κ1) is 7.39. The highest BCUT2D eigenvalue weighted by Crippen LogP contribution is 2.06. The van der Waals surface area contributed by atoms with Gasteiger partial charge in [0.1, 0.15) is 0 Å². The van der Waals surface area contributed by atoms with E-state index in [0.29, 0.717) is 0 Å². The molecule has 0 saturated carbocycles. The number of H-pyrrole nitrogens is 2. The van der Waals surface area contributed by atoms with E-state index in [4.69, 9.17) is 5.11 Å². The van der Waals surface area contributed by atoms with Crippen molar-refractivity contribution in [2.45, 2.75) is 6.92 Å². The van der Waals surface area contributed by atoms with E-state index in [1.54, 1.807) is 0 Å². The maximum Gasteiger partial charge on any atom is 0.512 e. The molecule has 0 saturated heterocycles. The summed E-state index contributed by atoms with van der Waals surface area (Å²) >= 11 is 0. The van der Waals surface area contributed by atoms with Gasteiger partial charge >= 0.3 is 6.16 Å². The van der Waals surface area contributed by atoms with Crippen LogP contribution in [0, 0.1) is 6.92 Å². The minimum atomic E-state index is -1.46. The molecule has 0 aromatic carbocycles. The number of nitrogens with one attached hydrogen (secondary N) is 2. The Morgan fingerprint density at radius 1 is 1.55 bits per heavy atom. The average molecular weight is 158 g/mol. The number of hydrogen-bond acceptors (Lipinski definition) is 3. The van der Waals surface area contributed by atoms with Crippen molar-refractivity contribution in [1.82, 2.24) is 10.2 Å². The topological polar surface area (TPSA) is 95.2 Å². The highest BCUT2D eigenvalue weighted by atomic mass is 16.7. The van der Waals surface area contributed by atoms with Gasteiger partial charge < -0.3 is 9.84 Å². The first-order chi connectivity index (χ1) is 5.11. The molecule has 3 N–H and O–H groups in total. The van der Waals surface area contributed by atoms with E-state index in [-0.39, 0.29) is 17.0 Å². The molecule has 0 aliphatic rings. The fourth-order valence-corrected chi connectivity index (χ4v) is 0.594. The van der Waals surface area contributed by atoms with Crippen molar-refractivity contribution >= 4 is 6.16 Å². The monoisotopic (exact) mass is 158 g/mol. The highest BCUT2D eigenvalue weighted by Gasteiger charge is 2.08. The van der Waals surface area contributed by atoms with Gasteiger partial charge in [0.2, 0.25) is 5.88 Å². The molecule has 1 aromatic heterocycles. The van der Waals surface area contributed by atoms with Gasteiger partial charge in [-0.15, -0.1) is 0 Å². The van der Waals surface area contributed by atoms with Crippen LogP contribution in [0.2, 0.25) is 0 Å². The van der Waals surface area contributed by atoms with Crippen LogP contribution in [0.5, 0.6) is 5.88 Å². The van der Waals surface area contributed by atoms with Gasteiger partial charge in [-0.05, 0) is 6.92 Å². The van der Waals surface area contributed by atoms with Crippen LogP contribution in [0.1, 0.15) is 5.56 Å². The largest absolute Gasteiger partial charge is 0.512 e. The van der Waals surface area contributed by atoms with Crippen LogP contribution < -0.4 is 10.3 Å². The molecule has 0 bridgehead atoms. The second-order valence-corrected chi connectivity index (χ2v) is 1.90. The van der Waals surface area contributed by atoms with E-state index in [2.05, 4.69) is 14.9 Å². The average Bonchev–Trinajstić information content (AvgIpc) is 2.18. The minimum absolute atomic E-state index is 0.0671. The SMILES string of the molecule is Cc1c(OC(=O)O)[nH][nH]c1=O. The molecule has 0 aliphatic heterocycles. The molecule has 0 aliphatic carbocycles. The highest BCUT2D eigenvalue weighted by molar-refractivity contribution is 5.60. The van der Waals surface area contributed by atoms with Gasteiger partial charge in [-0.25, -0.2) is 4.79 Å². The molecule has 0 radical (unpaired) electrons. The van der Waals surface area contributed by atoms with Crippen molar-refractivity contribution in [3.8, 4) is 5.88 Å². The zero-order valence-electron chi connectivity index (χ0n) is 5.67. The smallest absolute Gasteiger partial charge is 0.449 e. The third kappa shape index (κ3) is 1.40. The Hall–Kier alpha value is -1.72. The van der Waals surface area contributed by atoms with Crippen LogP contribution in [0.25, 0.3) is 0 Å². The van der Waals surface area contributed by atoms with Gasteiger partial charge in [0.15, 0.2) is 0 Å². The molecule has 0 amide bonds. The van der Waals surface area contributed by atoms with Crippen LogP contribution in [0.15, 0.2) is 4.79 Å². The Balaban J connectivity index is 2.96. The molecule has 1 heterocycles. The Labute approximate surface area is 60.8 Å². The summed E-state index contributed by atoms with van der Waals surface area (Å²) in [7, 11) is 0. The standard InChI is InChI=1S/C5H6N2O4/c1-2-3(8)6-7-4(2)11-5(9)10/h1H3,(H,9,10)(H2,6,7,8). The molecule has 0 fully saturated rings. The van der Waals surface area contributed by atoms with Crippen LogP contribution in [-0.4, -0.2) is 21.5 Å². The Morgan fingerprint density at radius 3 is 2.55 bits per heavy atom. The van der Waals surface area contributed by atoms with E-state index in [1.165, 1.54) is 6.92 Å². The molecule has 60 valence electrons. The number of ether oxygens (including phenoxy) is 1. The molecule has 0 spiro atoms. The summed E-state index contributed by atoms with van der Waals surface area (Å²) < 4.78 is 4.20. The van der Waals surface area contributed by atoms with Crippen molar-refractivity contribution in [2.24, 2.45) is 0 Å². The Bertz CT molecular complexity index is 323. The van der Waals surface area contributed by atoms with Crippen molar-refractivity contribution in [1.29, 1.82) is 0 Å². The van der Waals surface area contributed by atoms with Crippen molar-refractivity contribution in [3.63, 3.8) is 0 Å². The fraction of sp³-hybridized carbons (Fsp3) is 0.200. The summed E-state index contributed by atoms with van der Waals surface area (Å²) in [6, 6.07) is 0. The van der Waals surface area contributed by atoms with Crippen molar-refractivity contribution < 1.29 is 14.6 Å². The van der Waals surface area contributed by atoms with E-state index in [1.807, 2.05) is 0 Å². The Morgan fingerprint density at radius 2 is 2.18 bits per heavy atom. The zero-order valence-corrected chi connectivity index (χ0v) is 5.67. The number of rotatable bonds is 1. The normalized spacial score (nSPS) is 9.55. The number of carboxylic acid groups (broad SMARTS) is 1. The Kier molecular flexibility index (Phi) is 1.67.